The van der Waals surface area contributed by atoms with Crippen LogP contribution in [0, 0.1) is 17.8 Å². The molecule has 0 saturated carbocycles. The van der Waals surface area contributed by atoms with E-state index in [1.54, 1.807) is 14.2 Å². The first-order valence-corrected chi connectivity index (χ1v) is 11.4. The molecule has 0 heterocycles. The Morgan fingerprint density at radius 1 is 0.967 bits per heavy atom. The number of halogens is 1. The highest BCUT2D eigenvalue weighted by Crippen LogP contribution is 2.33. The molecule has 0 bridgehead atoms. The van der Waals surface area contributed by atoms with Gasteiger partial charge in [0, 0.05) is 22.6 Å². The van der Waals surface area contributed by atoms with Crippen molar-refractivity contribution in [1.82, 2.24) is 4.90 Å². The van der Waals surface area contributed by atoms with Crippen molar-refractivity contribution in [2.75, 3.05) is 20.8 Å². The molecule has 0 aromatic heterocycles. The predicted molar refractivity (Wildman–Crippen MR) is 129 cm³/mol. The van der Waals surface area contributed by atoms with Crippen LogP contribution >= 0.6 is 15.9 Å². The molecule has 30 heavy (non-hydrogen) atoms. The summed E-state index contributed by atoms with van der Waals surface area (Å²) in [7, 11) is 3.33. The number of hydrogen-bond acceptors (Lipinski definition) is 3. The van der Waals surface area contributed by atoms with Crippen molar-refractivity contribution in [3.63, 3.8) is 0 Å². The Kier molecular flexibility index (Phi) is 9.75. The molecular formula is C26H34BrNO2. The lowest BCUT2D eigenvalue weighted by molar-refractivity contribution is 0.171. The van der Waals surface area contributed by atoms with Gasteiger partial charge in [-0.1, -0.05) is 59.8 Å². The van der Waals surface area contributed by atoms with Crippen molar-refractivity contribution in [2.24, 2.45) is 5.92 Å². The van der Waals surface area contributed by atoms with E-state index in [-0.39, 0.29) is 6.04 Å². The molecule has 0 aliphatic heterocycles. The summed E-state index contributed by atoms with van der Waals surface area (Å²) in [6, 6.07) is 14.9. The summed E-state index contributed by atoms with van der Waals surface area (Å²) >= 11 is 3.70. The second-order valence-corrected chi connectivity index (χ2v) is 9.02. The minimum absolute atomic E-state index is 0.212. The van der Waals surface area contributed by atoms with Gasteiger partial charge in [0.2, 0.25) is 0 Å². The van der Waals surface area contributed by atoms with Crippen LogP contribution in [0.1, 0.15) is 45.2 Å². The minimum atomic E-state index is 0.212. The smallest absolute Gasteiger partial charge is 0.161 e. The van der Waals surface area contributed by atoms with Crippen LogP contribution in [0.3, 0.4) is 0 Å². The van der Waals surface area contributed by atoms with Crippen molar-refractivity contribution in [3.05, 3.63) is 58.1 Å². The van der Waals surface area contributed by atoms with Gasteiger partial charge in [-0.2, -0.15) is 0 Å². The van der Waals surface area contributed by atoms with Gasteiger partial charge in [-0.05, 0) is 62.4 Å². The summed E-state index contributed by atoms with van der Waals surface area (Å²) in [6.07, 6.45) is 1.95. The van der Waals surface area contributed by atoms with E-state index in [2.05, 4.69) is 78.6 Å². The zero-order valence-electron chi connectivity index (χ0n) is 19.0. The molecule has 2 rings (SSSR count). The molecule has 0 aliphatic rings. The number of methoxy groups -OCH3 is 2. The second kappa shape index (κ2) is 12.0. The van der Waals surface area contributed by atoms with Gasteiger partial charge in [-0.15, -0.1) is 0 Å². The fourth-order valence-electron chi connectivity index (χ4n) is 3.52. The molecule has 0 radical (unpaired) electrons. The van der Waals surface area contributed by atoms with E-state index in [4.69, 9.17) is 9.47 Å². The van der Waals surface area contributed by atoms with Crippen molar-refractivity contribution in [2.45, 2.75) is 52.6 Å². The minimum Gasteiger partial charge on any atom is -0.493 e. The van der Waals surface area contributed by atoms with Gasteiger partial charge in [-0.25, -0.2) is 0 Å². The number of hydrogen-bond donors (Lipinski definition) is 0. The van der Waals surface area contributed by atoms with Crippen molar-refractivity contribution < 1.29 is 9.47 Å². The first-order valence-electron chi connectivity index (χ1n) is 10.6. The van der Waals surface area contributed by atoms with Crippen LogP contribution in [-0.4, -0.2) is 37.7 Å². The highest BCUT2D eigenvalue weighted by molar-refractivity contribution is 9.10. The van der Waals surface area contributed by atoms with Gasteiger partial charge in [0.05, 0.1) is 20.3 Å². The molecule has 162 valence electrons. The van der Waals surface area contributed by atoms with Crippen LogP contribution in [-0.2, 0) is 6.42 Å². The zero-order valence-corrected chi connectivity index (χ0v) is 20.6. The zero-order chi connectivity index (χ0) is 22.1. The highest BCUT2D eigenvalue weighted by Gasteiger charge is 2.21. The molecule has 1 atom stereocenters. The highest BCUT2D eigenvalue weighted by atomic mass is 79.9. The number of nitrogens with zero attached hydrogens (tertiary/aromatic N) is 1. The Bertz CT molecular complexity index is 853. The van der Waals surface area contributed by atoms with Crippen molar-refractivity contribution >= 4 is 15.9 Å². The van der Waals surface area contributed by atoms with Gasteiger partial charge in [0.15, 0.2) is 11.5 Å². The molecule has 0 amide bonds. The molecule has 2 aromatic rings. The Hall–Kier alpha value is -1.96. The van der Waals surface area contributed by atoms with Crippen molar-refractivity contribution in [1.29, 1.82) is 0 Å². The Morgan fingerprint density at radius 3 is 2.17 bits per heavy atom. The van der Waals surface area contributed by atoms with Gasteiger partial charge in [0.1, 0.15) is 0 Å². The van der Waals surface area contributed by atoms with Crippen LogP contribution in [0.4, 0.5) is 0 Å². The van der Waals surface area contributed by atoms with Gasteiger partial charge in [0.25, 0.3) is 0 Å². The lowest BCUT2D eigenvalue weighted by Crippen LogP contribution is -2.41. The molecule has 0 spiro atoms. The molecule has 0 aliphatic carbocycles. The number of rotatable bonds is 9. The Balaban J connectivity index is 2.24. The Morgan fingerprint density at radius 2 is 1.60 bits per heavy atom. The summed E-state index contributed by atoms with van der Waals surface area (Å²) in [5.74, 6) is 9.02. The molecule has 0 fully saturated rings. The maximum Gasteiger partial charge on any atom is 0.161 e. The fourth-order valence-corrected chi connectivity index (χ4v) is 4.04. The quantitative estimate of drug-likeness (QED) is 0.407. The summed E-state index contributed by atoms with van der Waals surface area (Å²) in [5, 5.41) is 0. The van der Waals surface area contributed by atoms with Crippen molar-refractivity contribution in [3.8, 4) is 23.3 Å². The SMILES string of the molecule is COc1cc(Br)c(CCN(C(C)C)C(C#Cc2ccccc2)CC(C)C)cc1OC. The molecule has 4 heteroatoms. The topological polar surface area (TPSA) is 21.7 Å². The van der Waals surface area contributed by atoms with Crippen LogP contribution in [0.2, 0.25) is 0 Å². The first kappa shape index (κ1) is 24.3. The summed E-state index contributed by atoms with van der Waals surface area (Å²) in [6.45, 7) is 9.95. The predicted octanol–water partition coefficient (Wildman–Crippen LogP) is 6.19. The van der Waals surface area contributed by atoms with Gasteiger partial charge >= 0.3 is 0 Å². The molecule has 0 N–H and O–H groups in total. The molecular weight excluding hydrogens is 438 g/mol. The van der Waals surface area contributed by atoms with Crippen LogP contribution in [0.15, 0.2) is 46.9 Å². The fraction of sp³-hybridized carbons (Fsp3) is 0.462. The average molecular weight is 472 g/mol. The average Bonchev–Trinajstić information content (AvgIpc) is 2.72. The van der Waals surface area contributed by atoms with E-state index in [0.717, 1.165) is 40.9 Å². The lowest BCUT2D eigenvalue weighted by Gasteiger charge is -2.33. The van der Waals surface area contributed by atoms with Crippen LogP contribution < -0.4 is 9.47 Å². The summed E-state index contributed by atoms with van der Waals surface area (Å²) in [5.41, 5.74) is 2.27. The normalized spacial score (nSPS) is 12.1. The first-order chi connectivity index (χ1) is 14.3. The maximum atomic E-state index is 5.49. The van der Waals surface area contributed by atoms with Crippen LogP contribution in [0.5, 0.6) is 11.5 Å². The molecule has 1 unspecified atom stereocenters. The standard InChI is InChI=1S/C26H34BrNO2/c1-19(2)16-23(13-12-21-10-8-7-9-11-21)28(20(3)4)15-14-22-17-25(29-5)26(30-6)18-24(22)27/h7-11,17-20,23H,14-16H2,1-6H3. The third-order valence-electron chi connectivity index (χ3n) is 5.11. The third-order valence-corrected chi connectivity index (χ3v) is 5.85. The summed E-state index contributed by atoms with van der Waals surface area (Å²) < 4.78 is 11.9. The lowest BCUT2D eigenvalue weighted by atomic mass is 10.00. The number of benzene rings is 2. The van der Waals surface area contributed by atoms with E-state index >= 15 is 0 Å². The second-order valence-electron chi connectivity index (χ2n) is 8.16. The van der Waals surface area contributed by atoms with E-state index < -0.39 is 0 Å². The monoisotopic (exact) mass is 471 g/mol. The Labute approximate surface area is 190 Å². The molecule has 0 saturated heterocycles. The maximum absolute atomic E-state index is 5.49. The summed E-state index contributed by atoms with van der Waals surface area (Å²) in [4.78, 5) is 2.51. The van der Waals surface area contributed by atoms with Gasteiger partial charge < -0.3 is 9.47 Å². The largest absolute Gasteiger partial charge is 0.493 e. The third kappa shape index (κ3) is 7.07. The van der Waals surface area contributed by atoms with E-state index in [1.165, 1.54) is 5.56 Å². The molecule has 3 nitrogen and oxygen atoms in total. The van der Waals surface area contributed by atoms with E-state index in [0.29, 0.717) is 12.0 Å². The van der Waals surface area contributed by atoms with Gasteiger partial charge in [-0.3, -0.25) is 4.90 Å². The molecule has 2 aromatic carbocycles. The number of ether oxygens (including phenoxy) is 2. The van der Waals surface area contributed by atoms with Crippen LogP contribution in [0.25, 0.3) is 0 Å². The van der Waals surface area contributed by atoms with E-state index in [9.17, 15) is 0 Å². The van der Waals surface area contributed by atoms with E-state index in [1.807, 2.05) is 24.3 Å².